The number of fused-ring (bicyclic) bond motifs is 10. The van der Waals surface area contributed by atoms with Crippen LogP contribution in [0.3, 0.4) is 0 Å². The summed E-state index contributed by atoms with van der Waals surface area (Å²) in [5.41, 5.74) is 15.1. The molecule has 0 aliphatic heterocycles. The standard InChI is InChI=1S/C42H25NO/c1-3-17-34-30(14-1)32-23-22-28(27-12-7-13-29(24-27)41-43-38-20-5-6-21-39(38)44-41)25-37(32)42(34)35-18-4-2-15-31(35)33-16-8-10-26-11-9-19-36(42)40(26)33/h1-25H. The fourth-order valence-corrected chi connectivity index (χ4v) is 7.93. The average Bonchev–Trinajstić information content (AvgIpc) is 3.65. The maximum Gasteiger partial charge on any atom is 0.227 e. The molecule has 1 unspecified atom stereocenters. The largest absolute Gasteiger partial charge is 0.436 e. The number of rotatable bonds is 2. The molecular formula is C42H25NO. The third-order valence-electron chi connectivity index (χ3n) is 9.71. The van der Waals surface area contributed by atoms with Crippen LogP contribution in [0.1, 0.15) is 22.3 Å². The van der Waals surface area contributed by atoms with Crippen molar-refractivity contribution in [3.63, 3.8) is 0 Å². The maximum absolute atomic E-state index is 6.14. The fourth-order valence-electron chi connectivity index (χ4n) is 7.93. The predicted molar refractivity (Wildman–Crippen MR) is 179 cm³/mol. The summed E-state index contributed by atoms with van der Waals surface area (Å²) in [4.78, 5) is 4.77. The van der Waals surface area contributed by atoms with Gasteiger partial charge in [0.25, 0.3) is 0 Å². The first-order chi connectivity index (χ1) is 21.8. The van der Waals surface area contributed by atoms with E-state index in [1.807, 2.05) is 24.3 Å². The Labute approximate surface area is 254 Å². The Hall–Kier alpha value is -5.73. The highest BCUT2D eigenvalue weighted by atomic mass is 16.3. The molecule has 7 aromatic carbocycles. The summed E-state index contributed by atoms with van der Waals surface area (Å²) in [6.07, 6.45) is 0. The van der Waals surface area contributed by atoms with Crippen molar-refractivity contribution < 1.29 is 4.42 Å². The van der Waals surface area contributed by atoms with Gasteiger partial charge in [-0.1, -0.05) is 121 Å². The Morgan fingerprint density at radius 2 is 1.05 bits per heavy atom. The highest BCUT2D eigenvalue weighted by molar-refractivity contribution is 6.07. The smallest absolute Gasteiger partial charge is 0.227 e. The minimum atomic E-state index is -0.426. The van der Waals surface area contributed by atoms with Crippen molar-refractivity contribution in [3.05, 3.63) is 174 Å². The van der Waals surface area contributed by atoms with E-state index >= 15 is 0 Å². The number of hydrogen-bond donors (Lipinski definition) is 0. The minimum absolute atomic E-state index is 0.426. The zero-order valence-electron chi connectivity index (χ0n) is 23.8. The van der Waals surface area contributed by atoms with Gasteiger partial charge in [0.05, 0.1) is 5.41 Å². The summed E-state index contributed by atoms with van der Waals surface area (Å²) >= 11 is 0. The number of para-hydroxylation sites is 2. The van der Waals surface area contributed by atoms with Crippen LogP contribution in [-0.2, 0) is 5.41 Å². The van der Waals surface area contributed by atoms with Crippen molar-refractivity contribution in [2.24, 2.45) is 0 Å². The van der Waals surface area contributed by atoms with E-state index in [0.29, 0.717) is 5.89 Å². The summed E-state index contributed by atoms with van der Waals surface area (Å²) in [5, 5.41) is 2.63. The first-order valence-electron chi connectivity index (χ1n) is 15.1. The third-order valence-corrected chi connectivity index (χ3v) is 9.71. The Morgan fingerprint density at radius 1 is 0.432 bits per heavy atom. The van der Waals surface area contributed by atoms with Crippen LogP contribution in [0.5, 0.6) is 0 Å². The molecule has 2 aliphatic carbocycles. The zero-order chi connectivity index (χ0) is 28.8. The summed E-state index contributed by atoms with van der Waals surface area (Å²) in [5.74, 6) is 0.641. The maximum atomic E-state index is 6.14. The minimum Gasteiger partial charge on any atom is -0.436 e. The van der Waals surface area contributed by atoms with Crippen molar-refractivity contribution >= 4 is 21.9 Å². The molecular weight excluding hydrogens is 534 g/mol. The van der Waals surface area contributed by atoms with Crippen LogP contribution in [0.2, 0.25) is 0 Å². The van der Waals surface area contributed by atoms with E-state index in [1.54, 1.807) is 0 Å². The van der Waals surface area contributed by atoms with E-state index in [0.717, 1.165) is 22.2 Å². The van der Waals surface area contributed by atoms with Gasteiger partial charge >= 0.3 is 0 Å². The van der Waals surface area contributed by atoms with Crippen LogP contribution in [0.4, 0.5) is 0 Å². The van der Waals surface area contributed by atoms with Crippen molar-refractivity contribution in [1.29, 1.82) is 0 Å². The van der Waals surface area contributed by atoms with Gasteiger partial charge in [0, 0.05) is 5.56 Å². The van der Waals surface area contributed by atoms with Crippen molar-refractivity contribution in [2.45, 2.75) is 5.41 Å². The van der Waals surface area contributed by atoms with Gasteiger partial charge in [0.15, 0.2) is 5.58 Å². The molecule has 0 amide bonds. The Bertz CT molecular complexity index is 2430. The van der Waals surface area contributed by atoms with Crippen LogP contribution in [0.25, 0.3) is 66.7 Å². The van der Waals surface area contributed by atoms with E-state index in [2.05, 4.69) is 127 Å². The second-order valence-electron chi connectivity index (χ2n) is 11.9. The molecule has 2 aliphatic rings. The van der Waals surface area contributed by atoms with Crippen molar-refractivity contribution in [2.75, 3.05) is 0 Å². The summed E-state index contributed by atoms with van der Waals surface area (Å²) in [6.45, 7) is 0. The molecule has 2 nitrogen and oxygen atoms in total. The lowest BCUT2D eigenvalue weighted by atomic mass is 9.61. The monoisotopic (exact) mass is 559 g/mol. The molecule has 0 radical (unpaired) electrons. The second kappa shape index (κ2) is 8.65. The molecule has 204 valence electrons. The number of oxazole rings is 1. The first-order valence-corrected chi connectivity index (χ1v) is 15.1. The summed E-state index contributed by atoms with van der Waals surface area (Å²) in [7, 11) is 0. The molecule has 44 heavy (non-hydrogen) atoms. The van der Waals surface area contributed by atoms with Gasteiger partial charge in [0.1, 0.15) is 5.52 Å². The quantitative estimate of drug-likeness (QED) is 0.211. The van der Waals surface area contributed by atoms with E-state index < -0.39 is 5.41 Å². The van der Waals surface area contributed by atoms with Crippen LogP contribution in [-0.4, -0.2) is 4.98 Å². The van der Waals surface area contributed by atoms with Gasteiger partial charge in [-0.25, -0.2) is 4.98 Å². The van der Waals surface area contributed by atoms with Gasteiger partial charge in [0.2, 0.25) is 5.89 Å². The molecule has 0 fully saturated rings. The Morgan fingerprint density at radius 3 is 1.89 bits per heavy atom. The van der Waals surface area contributed by atoms with Crippen LogP contribution >= 0.6 is 0 Å². The van der Waals surface area contributed by atoms with Crippen LogP contribution < -0.4 is 0 Å². The van der Waals surface area contributed by atoms with Crippen molar-refractivity contribution in [1.82, 2.24) is 4.98 Å². The van der Waals surface area contributed by atoms with Crippen LogP contribution in [0.15, 0.2) is 156 Å². The highest BCUT2D eigenvalue weighted by Crippen LogP contribution is 2.62. The highest BCUT2D eigenvalue weighted by Gasteiger charge is 2.50. The predicted octanol–water partition coefficient (Wildman–Crippen LogP) is 10.7. The Kier molecular flexibility index (Phi) is 4.68. The van der Waals surface area contributed by atoms with Crippen molar-refractivity contribution in [3.8, 4) is 44.8 Å². The lowest BCUT2D eigenvalue weighted by Crippen LogP contribution is -2.31. The number of aromatic nitrogens is 1. The summed E-state index contributed by atoms with van der Waals surface area (Å²) in [6, 6.07) is 55.1. The van der Waals surface area contributed by atoms with E-state index in [9.17, 15) is 0 Å². The molecule has 0 N–H and O–H groups in total. The topological polar surface area (TPSA) is 26.0 Å². The number of hydrogen-bond acceptors (Lipinski definition) is 2. The molecule has 0 bridgehead atoms. The molecule has 1 atom stereocenters. The van der Waals surface area contributed by atoms with Gasteiger partial charge in [-0.05, 0) is 96.7 Å². The van der Waals surface area contributed by atoms with Crippen LogP contribution in [0, 0.1) is 0 Å². The van der Waals surface area contributed by atoms with E-state index in [-0.39, 0.29) is 0 Å². The molecule has 0 saturated carbocycles. The second-order valence-corrected chi connectivity index (χ2v) is 11.9. The van der Waals surface area contributed by atoms with E-state index in [1.165, 1.54) is 60.8 Å². The number of benzene rings is 7. The molecule has 8 aromatic rings. The molecule has 1 spiro atoms. The van der Waals surface area contributed by atoms with Gasteiger partial charge in [-0.3, -0.25) is 0 Å². The van der Waals surface area contributed by atoms with Gasteiger partial charge in [-0.2, -0.15) is 0 Å². The first kappa shape index (κ1) is 23.8. The SMILES string of the molecule is c1cc(-c2ccc3c(c2)C2(c4ccccc4-3)c3ccccc3-c3cccc4cccc2c34)cc(-c2nc3ccccc3o2)c1. The zero-order valence-corrected chi connectivity index (χ0v) is 23.8. The molecule has 1 heterocycles. The molecule has 10 rings (SSSR count). The lowest BCUT2D eigenvalue weighted by Gasteiger charge is -2.40. The number of nitrogens with zero attached hydrogens (tertiary/aromatic N) is 1. The fraction of sp³-hybridized carbons (Fsp3) is 0.0238. The normalized spacial score (nSPS) is 15.8. The third kappa shape index (κ3) is 3.02. The Balaban J connectivity index is 1.25. The molecule has 1 aromatic heterocycles. The lowest BCUT2D eigenvalue weighted by molar-refractivity contribution is 0.620. The van der Waals surface area contributed by atoms with Gasteiger partial charge in [-0.15, -0.1) is 0 Å². The average molecular weight is 560 g/mol. The van der Waals surface area contributed by atoms with E-state index in [4.69, 9.17) is 9.40 Å². The van der Waals surface area contributed by atoms with Gasteiger partial charge < -0.3 is 4.42 Å². The summed E-state index contributed by atoms with van der Waals surface area (Å²) < 4.78 is 6.14. The molecule has 0 saturated heterocycles. The molecule has 2 heteroatoms.